The van der Waals surface area contributed by atoms with Crippen molar-refractivity contribution in [3.05, 3.63) is 81.6 Å². The van der Waals surface area contributed by atoms with Gasteiger partial charge in [0.15, 0.2) is 11.5 Å². The molecular weight excluding hydrogens is 560 g/mol. The van der Waals surface area contributed by atoms with E-state index in [0.717, 1.165) is 61.5 Å². The van der Waals surface area contributed by atoms with Crippen LogP contribution in [0.1, 0.15) is 36.5 Å². The normalized spacial score (nSPS) is 17.9. The van der Waals surface area contributed by atoms with Gasteiger partial charge in [-0.2, -0.15) is 4.98 Å². The fraction of sp³-hybridized carbons (Fsp3) is 0.379. The van der Waals surface area contributed by atoms with Crippen LogP contribution in [0, 0.1) is 0 Å². The van der Waals surface area contributed by atoms with Gasteiger partial charge in [-0.15, -0.1) is 0 Å². The summed E-state index contributed by atoms with van der Waals surface area (Å²) < 4.78 is 18.8. The standard InChI is InChI=1S/C29H29ClN8O4/c30-20-3-1-18(2-4-20)13-24-31-9-5-26(34-24)41-21-6-10-37(11-7-21)17-25-33-23-14-19(27-35-29(39)42-36-27)15-32-28(23)38(25)16-22-8-12-40-22/h1-5,9,14-15,21-22H,6-8,10-13,16-17H2,(H,35,36,39). The maximum Gasteiger partial charge on any atom is 0.439 e. The number of hydrogen-bond acceptors (Lipinski definition) is 10. The van der Waals surface area contributed by atoms with Crippen molar-refractivity contribution in [3.8, 4) is 17.3 Å². The Hall–Kier alpha value is -4.13. The summed E-state index contributed by atoms with van der Waals surface area (Å²) in [6.45, 7) is 3.91. The summed E-state index contributed by atoms with van der Waals surface area (Å²) >= 11 is 6.00. The third-order valence-corrected chi connectivity index (χ3v) is 7.95. The molecule has 0 bridgehead atoms. The Morgan fingerprint density at radius 2 is 1.90 bits per heavy atom. The molecule has 6 heterocycles. The highest BCUT2D eigenvalue weighted by atomic mass is 35.5. The van der Waals surface area contributed by atoms with E-state index >= 15 is 0 Å². The molecule has 1 N–H and O–H groups in total. The van der Waals surface area contributed by atoms with E-state index < -0.39 is 5.76 Å². The van der Waals surface area contributed by atoms with Gasteiger partial charge >= 0.3 is 5.76 Å². The number of fused-ring (bicyclic) bond motifs is 1. The van der Waals surface area contributed by atoms with Crippen molar-refractivity contribution in [1.82, 2.24) is 39.5 Å². The second-order valence-corrected chi connectivity index (χ2v) is 11.1. The molecule has 42 heavy (non-hydrogen) atoms. The number of ether oxygens (including phenoxy) is 2. The Labute approximate surface area is 245 Å². The van der Waals surface area contributed by atoms with Gasteiger partial charge in [-0.1, -0.05) is 28.9 Å². The van der Waals surface area contributed by atoms with Crippen LogP contribution in [0.25, 0.3) is 22.6 Å². The molecular formula is C29H29ClN8O4. The number of rotatable bonds is 9. The third-order valence-electron chi connectivity index (χ3n) is 7.70. The number of imidazole rings is 1. The first-order chi connectivity index (χ1) is 20.6. The highest BCUT2D eigenvalue weighted by Crippen LogP contribution is 2.25. The zero-order valence-corrected chi connectivity index (χ0v) is 23.5. The van der Waals surface area contributed by atoms with E-state index in [1.165, 1.54) is 0 Å². The number of aromatic nitrogens is 7. The van der Waals surface area contributed by atoms with Gasteiger partial charge < -0.3 is 14.0 Å². The molecule has 2 aliphatic heterocycles. The Balaban J connectivity index is 1.01. The van der Waals surface area contributed by atoms with Crippen LogP contribution < -0.4 is 10.5 Å². The number of aromatic amines is 1. The fourth-order valence-electron chi connectivity index (χ4n) is 5.36. The highest BCUT2D eigenvalue weighted by molar-refractivity contribution is 6.30. The lowest BCUT2D eigenvalue weighted by molar-refractivity contribution is -0.0593. The molecule has 0 radical (unpaired) electrons. The van der Waals surface area contributed by atoms with Crippen molar-refractivity contribution >= 4 is 22.8 Å². The number of pyridine rings is 1. The van der Waals surface area contributed by atoms with E-state index in [4.69, 9.17) is 26.1 Å². The second-order valence-electron chi connectivity index (χ2n) is 10.6. The zero-order chi connectivity index (χ0) is 28.5. The lowest BCUT2D eigenvalue weighted by Gasteiger charge is -2.32. The first-order valence-electron chi connectivity index (χ1n) is 14.0. The van der Waals surface area contributed by atoms with Crippen LogP contribution in [0.3, 0.4) is 0 Å². The summed E-state index contributed by atoms with van der Waals surface area (Å²) in [6.07, 6.45) is 7.06. The SMILES string of the molecule is O=c1[nH]c(-c2cnc3c(c2)nc(CN2CCC(Oc4ccnc(Cc5ccc(Cl)cc5)n4)CC2)n3CC2CCO2)no1. The Bertz CT molecular complexity index is 1740. The minimum absolute atomic E-state index is 0.0792. The Morgan fingerprint density at radius 3 is 2.64 bits per heavy atom. The van der Waals surface area contributed by atoms with Crippen molar-refractivity contribution in [1.29, 1.82) is 0 Å². The molecule has 2 aliphatic rings. The summed E-state index contributed by atoms with van der Waals surface area (Å²) in [5.41, 5.74) is 3.26. The number of nitrogens with zero attached hydrogens (tertiary/aromatic N) is 7. The van der Waals surface area contributed by atoms with Gasteiger partial charge in [-0.3, -0.25) is 14.4 Å². The fourth-order valence-corrected chi connectivity index (χ4v) is 5.48. The lowest BCUT2D eigenvalue weighted by Crippen LogP contribution is -2.39. The van der Waals surface area contributed by atoms with E-state index in [0.29, 0.717) is 47.6 Å². The molecule has 5 aromatic rings. The molecule has 216 valence electrons. The van der Waals surface area contributed by atoms with Gasteiger partial charge in [0.2, 0.25) is 5.88 Å². The minimum Gasteiger partial charge on any atom is -0.474 e. The average molecular weight is 589 g/mol. The lowest BCUT2D eigenvalue weighted by atomic mass is 10.1. The van der Waals surface area contributed by atoms with E-state index in [-0.39, 0.29) is 12.2 Å². The number of halogens is 1. The molecule has 7 rings (SSSR count). The predicted octanol–water partition coefficient (Wildman–Crippen LogP) is 3.64. The second kappa shape index (κ2) is 11.6. The molecule has 0 spiro atoms. The van der Waals surface area contributed by atoms with Crippen LogP contribution in [-0.2, 0) is 24.2 Å². The van der Waals surface area contributed by atoms with Crippen LogP contribution in [0.15, 0.2) is 58.1 Å². The summed E-state index contributed by atoms with van der Waals surface area (Å²) in [5.74, 6) is 1.97. The Kier molecular flexibility index (Phi) is 7.41. The molecule has 13 heteroatoms. The molecule has 0 saturated carbocycles. The van der Waals surface area contributed by atoms with Gasteiger partial charge in [0, 0.05) is 55.2 Å². The quantitative estimate of drug-likeness (QED) is 0.272. The van der Waals surface area contributed by atoms with Crippen molar-refractivity contribution in [3.63, 3.8) is 0 Å². The first kappa shape index (κ1) is 26.7. The first-order valence-corrected chi connectivity index (χ1v) is 14.4. The Morgan fingerprint density at radius 1 is 1.07 bits per heavy atom. The van der Waals surface area contributed by atoms with Gasteiger partial charge in [0.25, 0.3) is 0 Å². The van der Waals surface area contributed by atoms with E-state index in [1.807, 2.05) is 36.4 Å². The van der Waals surface area contributed by atoms with Gasteiger partial charge in [0.1, 0.15) is 23.3 Å². The van der Waals surface area contributed by atoms with Crippen LogP contribution >= 0.6 is 11.6 Å². The van der Waals surface area contributed by atoms with Gasteiger partial charge in [0.05, 0.1) is 19.2 Å². The van der Waals surface area contributed by atoms with Crippen molar-refractivity contribution < 1.29 is 14.0 Å². The van der Waals surface area contributed by atoms with Gasteiger partial charge in [-0.05, 0) is 43.0 Å². The average Bonchev–Trinajstić information content (AvgIpc) is 3.55. The molecule has 1 unspecified atom stereocenters. The van der Waals surface area contributed by atoms with Crippen LogP contribution in [0.2, 0.25) is 5.02 Å². The molecule has 2 saturated heterocycles. The molecule has 0 amide bonds. The summed E-state index contributed by atoms with van der Waals surface area (Å²) in [7, 11) is 0. The van der Waals surface area contributed by atoms with Crippen LogP contribution in [0.4, 0.5) is 0 Å². The number of hydrogen-bond donors (Lipinski definition) is 1. The van der Waals surface area contributed by atoms with Crippen molar-refractivity contribution in [2.24, 2.45) is 0 Å². The maximum absolute atomic E-state index is 11.4. The molecule has 12 nitrogen and oxygen atoms in total. The van der Waals surface area contributed by atoms with Crippen molar-refractivity contribution in [2.75, 3.05) is 19.7 Å². The monoisotopic (exact) mass is 588 g/mol. The zero-order valence-electron chi connectivity index (χ0n) is 22.8. The summed E-state index contributed by atoms with van der Waals surface area (Å²) in [5, 5.41) is 4.49. The number of piperidine rings is 1. The van der Waals surface area contributed by atoms with E-state index in [2.05, 4.69) is 39.1 Å². The highest BCUT2D eigenvalue weighted by Gasteiger charge is 2.26. The predicted molar refractivity (Wildman–Crippen MR) is 153 cm³/mol. The third kappa shape index (κ3) is 5.91. The molecule has 4 aromatic heterocycles. The number of nitrogens with one attached hydrogen (secondary N) is 1. The van der Waals surface area contributed by atoms with E-state index in [9.17, 15) is 4.79 Å². The molecule has 1 atom stereocenters. The van der Waals surface area contributed by atoms with Crippen LogP contribution in [-0.4, -0.2) is 71.4 Å². The maximum atomic E-state index is 11.4. The van der Waals surface area contributed by atoms with E-state index in [1.54, 1.807) is 12.4 Å². The van der Waals surface area contributed by atoms with Crippen LogP contribution in [0.5, 0.6) is 5.88 Å². The largest absolute Gasteiger partial charge is 0.474 e. The number of H-pyrrole nitrogens is 1. The molecule has 0 aliphatic carbocycles. The minimum atomic E-state index is -0.607. The van der Waals surface area contributed by atoms with Crippen molar-refractivity contribution in [2.45, 2.75) is 51.0 Å². The molecule has 1 aromatic carbocycles. The smallest absolute Gasteiger partial charge is 0.439 e. The summed E-state index contributed by atoms with van der Waals surface area (Å²) in [4.78, 5) is 35.0. The summed E-state index contributed by atoms with van der Waals surface area (Å²) in [6, 6.07) is 11.4. The molecule has 2 fully saturated rings. The number of likely N-dealkylation sites (tertiary alicyclic amines) is 1. The van der Waals surface area contributed by atoms with Gasteiger partial charge in [-0.25, -0.2) is 19.7 Å². The topological polar surface area (TPSA) is 137 Å². The number of benzene rings is 1.